The maximum absolute atomic E-state index is 12.6. The van der Waals surface area contributed by atoms with Crippen LogP contribution in [0.5, 0.6) is 11.5 Å². The van der Waals surface area contributed by atoms with Crippen LogP contribution in [0.2, 0.25) is 0 Å². The van der Waals surface area contributed by atoms with E-state index in [2.05, 4.69) is 22.3 Å². The van der Waals surface area contributed by atoms with Gasteiger partial charge in [-0.25, -0.2) is 0 Å². The van der Waals surface area contributed by atoms with Gasteiger partial charge in [0, 0.05) is 25.7 Å². The lowest BCUT2D eigenvalue weighted by atomic mass is 9.98. The minimum absolute atomic E-state index is 0.0181. The van der Waals surface area contributed by atoms with Crippen molar-refractivity contribution in [3.63, 3.8) is 0 Å². The van der Waals surface area contributed by atoms with Crippen molar-refractivity contribution >= 4 is 17.6 Å². The van der Waals surface area contributed by atoms with Crippen LogP contribution >= 0.6 is 0 Å². The van der Waals surface area contributed by atoms with E-state index < -0.39 is 17.4 Å². The second-order valence-corrected chi connectivity index (χ2v) is 8.69. The van der Waals surface area contributed by atoms with Gasteiger partial charge in [0.15, 0.2) is 11.5 Å². The normalized spacial score (nSPS) is 14.9. The minimum Gasteiger partial charge on any atom is -0.493 e. The first-order valence-electron chi connectivity index (χ1n) is 11.4. The molecular weight excluding hydrogens is 448 g/mol. The predicted molar refractivity (Wildman–Crippen MR) is 130 cm³/mol. The topological polar surface area (TPSA) is 116 Å². The first kappa shape index (κ1) is 22.7. The van der Waals surface area contributed by atoms with Gasteiger partial charge in [0.2, 0.25) is 0 Å². The lowest BCUT2D eigenvalue weighted by molar-refractivity contribution is 0.0880. The predicted octanol–water partition coefficient (Wildman–Crippen LogP) is 1.92. The molecule has 0 atom stereocenters. The van der Waals surface area contributed by atoms with Crippen LogP contribution in [0.4, 0.5) is 5.82 Å². The number of carbonyl (C=O) groups is 2. The Labute approximate surface area is 202 Å². The molecule has 2 aliphatic rings. The van der Waals surface area contributed by atoms with Crippen molar-refractivity contribution in [1.29, 1.82) is 0 Å². The number of nitrogens with zero attached hydrogens (tertiary/aromatic N) is 2. The van der Waals surface area contributed by atoms with Crippen molar-refractivity contribution in [1.82, 2.24) is 14.8 Å². The zero-order chi connectivity index (χ0) is 24.7. The molecule has 180 valence electrons. The summed E-state index contributed by atoms with van der Waals surface area (Å²) in [4.78, 5) is 39.0. The van der Waals surface area contributed by atoms with Gasteiger partial charge in [-0.3, -0.25) is 29.2 Å². The van der Waals surface area contributed by atoms with E-state index in [4.69, 9.17) is 15.2 Å². The second-order valence-electron chi connectivity index (χ2n) is 8.69. The van der Waals surface area contributed by atoms with Crippen molar-refractivity contribution in [2.24, 2.45) is 0 Å². The number of nitrogens with one attached hydrogen (secondary N) is 1. The number of nitrogen functional groups attached to an aromatic ring is 1. The summed E-state index contributed by atoms with van der Waals surface area (Å²) >= 11 is 0. The lowest BCUT2D eigenvalue weighted by Gasteiger charge is -2.29. The number of imide groups is 1. The number of carbonyl (C=O) groups excluding carboxylic acids is 2. The van der Waals surface area contributed by atoms with Gasteiger partial charge in [0.1, 0.15) is 5.82 Å². The first-order valence-corrected chi connectivity index (χ1v) is 11.4. The Bertz CT molecular complexity index is 1390. The molecule has 3 aromatic rings. The van der Waals surface area contributed by atoms with Gasteiger partial charge >= 0.3 is 0 Å². The third kappa shape index (κ3) is 4.04. The number of methoxy groups -OCH3 is 2. The van der Waals surface area contributed by atoms with E-state index in [1.807, 2.05) is 12.1 Å². The second kappa shape index (κ2) is 8.92. The number of benzene rings is 2. The van der Waals surface area contributed by atoms with Crippen molar-refractivity contribution in [3.05, 3.63) is 80.6 Å². The fraction of sp³-hybridized carbons (Fsp3) is 0.269. The molecule has 2 aliphatic heterocycles. The van der Waals surface area contributed by atoms with Crippen LogP contribution in [0.15, 0.2) is 47.3 Å². The summed E-state index contributed by atoms with van der Waals surface area (Å²) in [7, 11) is 3.30. The highest BCUT2D eigenvalue weighted by Crippen LogP contribution is 2.33. The maximum Gasteiger partial charge on any atom is 0.262 e. The molecule has 3 N–H and O–H groups in total. The van der Waals surface area contributed by atoms with Crippen molar-refractivity contribution in [3.8, 4) is 17.2 Å². The Morgan fingerprint density at radius 2 is 1.63 bits per heavy atom. The van der Waals surface area contributed by atoms with Gasteiger partial charge in [-0.2, -0.15) is 0 Å². The van der Waals surface area contributed by atoms with Gasteiger partial charge in [-0.15, -0.1) is 0 Å². The molecule has 0 saturated heterocycles. The number of fused-ring (bicyclic) bond motifs is 2. The van der Waals surface area contributed by atoms with Crippen molar-refractivity contribution in [2.75, 3.05) is 33.0 Å². The third-order valence-electron chi connectivity index (χ3n) is 6.66. The van der Waals surface area contributed by atoms with E-state index in [-0.39, 0.29) is 16.9 Å². The summed E-state index contributed by atoms with van der Waals surface area (Å²) in [5.74, 6) is 0.269. The first-order chi connectivity index (χ1) is 16.9. The van der Waals surface area contributed by atoms with Crippen molar-refractivity contribution in [2.45, 2.75) is 19.4 Å². The highest BCUT2D eigenvalue weighted by atomic mass is 16.5. The number of rotatable bonds is 6. The zero-order valence-corrected chi connectivity index (χ0v) is 19.6. The van der Waals surface area contributed by atoms with Gasteiger partial charge < -0.3 is 15.2 Å². The average molecular weight is 475 g/mol. The third-order valence-corrected chi connectivity index (χ3v) is 6.66. The number of anilines is 1. The molecule has 9 nitrogen and oxygen atoms in total. The molecule has 0 aliphatic carbocycles. The summed E-state index contributed by atoms with van der Waals surface area (Å²) in [6.45, 7) is 2.69. The van der Waals surface area contributed by atoms with Crippen LogP contribution in [0, 0.1) is 0 Å². The quantitative estimate of drug-likeness (QED) is 0.525. The van der Waals surface area contributed by atoms with Crippen LogP contribution in [-0.2, 0) is 19.4 Å². The molecule has 2 amide bonds. The molecule has 2 aromatic carbocycles. The Kier molecular flexibility index (Phi) is 5.78. The van der Waals surface area contributed by atoms with Gasteiger partial charge in [-0.1, -0.05) is 12.1 Å². The molecule has 0 unspecified atom stereocenters. The highest BCUT2D eigenvalue weighted by Gasteiger charge is 2.31. The molecule has 0 spiro atoms. The molecule has 9 heteroatoms. The van der Waals surface area contributed by atoms with Gasteiger partial charge in [0.05, 0.1) is 31.0 Å². The number of aromatic nitrogens is 1. The van der Waals surface area contributed by atoms with E-state index in [0.29, 0.717) is 5.69 Å². The minimum atomic E-state index is -0.603. The molecule has 35 heavy (non-hydrogen) atoms. The van der Waals surface area contributed by atoms with E-state index in [9.17, 15) is 14.4 Å². The summed E-state index contributed by atoms with van der Waals surface area (Å²) in [6.07, 6.45) is 1.79. The largest absolute Gasteiger partial charge is 0.493 e. The Balaban J connectivity index is 1.29. The van der Waals surface area contributed by atoms with Crippen LogP contribution < -0.4 is 26.1 Å². The SMILES string of the molecule is COc1cc2c(cc1OC)CN(CCc1ccc(-n3c(N)c4c(cc3=O)C(=O)NC4=O)cc1)CC2. The Hall–Kier alpha value is -4.11. The number of hydrogen-bond donors (Lipinski definition) is 2. The van der Waals surface area contributed by atoms with Crippen LogP contribution in [0.1, 0.15) is 37.4 Å². The smallest absolute Gasteiger partial charge is 0.262 e. The van der Waals surface area contributed by atoms with Crippen LogP contribution in [-0.4, -0.2) is 48.6 Å². The lowest BCUT2D eigenvalue weighted by Crippen LogP contribution is -2.32. The zero-order valence-electron chi connectivity index (χ0n) is 19.6. The molecule has 0 saturated carbocycles. The Morgan fingerprint density at radius 3 is 2.31 bits per heavy atom. The Morgan fingerprint density at radius 1 is 0.943 bits per heavy atom. The molecule has 0 bridgehead atoms. The summed E-state index contributed by atoms with van der Waals surface area (Å²) in [6, 6.07) is 12.8. The number of ether oxygens (including phenoxy) is 2. The van der Waals surface area contributed by atoms with E-state index in [1.54, 1.807) is 26.4 Å². The number of hydrogen-bond acceptors (Lipinski definition) is 7. The molecule has 0 radical (unpaired) electrons. The van der Waals surface area contributed by atoms with Crippen LogP contribution in [0.25, 0.3) is 5.69 Å². The fourth-order valence-electron chi connectivity index (χ4n) is 4.78. The summed E-state index contributed by atoms with van der Waals surface area (Å²) in [5, 5.41) is 2.18. The van der Waals surface area contributed by atoms with E-state index in [0.717, 1.165) is 55.6 Å². The fourth-order valence-corrected chi connectivity index (χ4v) is 4.78. The van der Waals surface area contributed by atoms with Crippen LogP contribution in [0.3, 0.4) is 0 Å². The maximum atomic E-state index is 12.6. The monoisotopic (exact) mass is 474 g/mol. The van der Waals surface area contributed by atoms with E-state index >= 15 is 0 Å². The number of nitrogens with two attached hydrogens (primary N) is 1. The standard InChI is InChI=1S/C26H26N4O5/c1-34-20-11-16-8-10-29(14-17(16)12-21(20)35-2)9-7-15-3-5-18(6-4-15)30-22(31)13-19-23(24(30)27)26(33)28-25(19)32/h3-6,11-13H,7-10,14,27H2,1-2H3,(H,28,32,33). The molecule has 1 aromatic heterocycles. The summed E-state index contributed by atoms with van der Waals surface area (Å²) in [5.41, 5.74) is 9.91. The van der Waals surface area contributed by atoms with Gasteiger partial charge in [-0.05, 0) is 53.8 Å². The average Bonchev–Trinajstić information content (AvgIpc) is 3.15. The molecule has 3 heterocycles. The molecular formula is C26H26N4O5. The molecule has 5 rings (SSSR count). The number of amides is 2. The number of pyridine rings is 1. The van der Waals surface area contributed by atoms with E-state index in [1.165, 1.54) is 15.7 Å². The molecule has 0 fully saturated rings. The van der Waals surface area contributed by atoms with Crippen molar-refractivity contribution < 1.29 is 19.1 Å². The highest BCUT2D eigenvalue weighted by molar-refractivity contribution is 6.23. The van der Waals surface area contributed by atoms with Gasteiger partial charge in [0.25, 0.3) is 17.4 Å². The summed E-state index contributed by atoms with van der Waals surface area (Å²) < 4.78 is 12.1.